The molecule has 0 spiro atoms. The second-order valence-corrected chi connectivity index (χ2v) is 11.8. The number of carbonyl (C=O) groups excluding carboxylic acids is 1. The fourth-order valence-electron chi connectivity index (χ4n) is 6.48. The number of fused-ring (bicyclic) bond motifs is 1. The Morgan fingerprint density at radius 2 is 1.86 bits per heavy atom. The first-order valence-electron chi connectivity index (χ1n) is 16.1. The SMILES string of the molecule is C=CC(=O)N1CCN(c2nc(OCCCN3CCC(OC)C3)nc(CC)c2CCCCc2cc(O)cc3ccccc23)CC1. The number of phenolic OH excluding ortho intramolecular Hbond substituents is 1. The Labute approximate surface area is 261 Å². The van der Waals surface area contributed by atoms with Crippen LogP contribution in [0.4, 0.5) is 5.82 Å². The van der Waals surface area contributed by atoms with Crippen LogP contribution in [0.1, 0.15) is 49.4 Å². The molecule has 1 aromatic heterocycles. The normalized spacial score (nSPS) is 17.4. The maximum absolute atomic E-state index is 12.2. The van der Waals surface area contributed by atoms with Crippen molar-refractivity contribution in [1.29, 1.82) is 0 Å². The largest absolute Gasteiger partial charge is 0.508 e. The number of methoxy groups -OCH3 is 1. The zero-order valence-corrected chi connectivity index (χ0v) is 26.3. The van der Waals surface area contributed by atoms with E-state index in [0.717, 1.165) is 81.5 Å². The van der Waals surface area contributed by atoms with Gasteiger partial charge in [-0.15, -0.1) is 0 Å². The fraction of sp³-hybridized carbons (Fsp3) is 0.514. The molecule has 3 heterocycles. The van der Waals surface area contributed by atoms with Crippen molar-refractivity contribution in [3.8, 4) is 11.8 Å². The number of unbranched alkanes of at least 4 members (excludes halogenated alkanes) is 1. The topological polar surface area (TPSA) is 91.3 Å². The van der Waals surface area contributed by atoms with Crippen LogP contribution >= 0.6 is 0 Å². The van der Waals surface area contributed by atoms with Gasteiger partial charge in [-0.25, -0.2) is 0 Å². The van der Waals surface area contributed by atoms with E-state index in [9.17, 15) is 9.90 Å². The van der Waals surface area contributed by atoms with E-state index in [2.05, 4.69) is 35.4 Å². The van der Waals surface area contributed by atoms with E-state index in [4.69, 9.17) is 19.4 Å². The summed E-state index contributed by atoms with van der Waals surface area (Å²) < 4.78 is 11.6. The molecule has 0 radical (unpaired) electrons. The van der Waals surface area contributed by atoms with Crippen LogP contribution in [-0.2, 0) is 28.8 Å². The monoisotopic (exact) mass is 601 g/mol. The molecule has 9 nitrogen and oxygen atoms in total. The first-order chi connectivity index (χ1) is 21.5. The van der Waals surface area contributed by atoms with Crippen molar-refractivity contribution in [3.05, 3.63) is 65.9 Å². The molecule has 2 aliphatic rings. The average Bonchev–Trinajstić information content (AvgIpc) is 3.52. The molecule has 9 heteroatoms. The average molecular weight is 602 g/mol. The summed E-state index contributed by atoms with van der Waals surface area (Å²) in [5, 5.41) is 12.5. The van der Waals surface area contributed by atoms with E-state index in [1.807, 2.05) is 29.2 Å². The molecule has 2 aliphatic heterocycles. The highest BCUT2D eigenvalue weighted by Crippen LogP contribution is 2.29. The lowest BCUT2D eigenvalue weighted by atomic mass is 9.97. The van der Waals surface area contributed by atoms with Gasteiger partial charge in [-0.2, -0.15) is 9.97 Å². The van der Waals surface area contributed by atoms with Gasteiger partial charge in [0.05, 0.1) is 18.4 Å². The molecule has 5 rings (SSSR count). The number of benzene rings is 2. The van der Waals surface area contributed by atoms with Gasteiger partial charge in [-0.3, -0.25) is 4.79 Å². The third kappa shape index (κ3) is 7.87. The maximum Gasteiger partial charge on any atom is 0.318 e. The van der Waals surface area contributed by atoms with Gasteiger partial charge in [0, 0.05) is 58.5 Å². The van der Waals surface area contributed by atoms with Gasteiger partial charge in [0.25, 0.3) is 0 Å². The van der Waals surface area contributed by atoms with Crippen molar-refractivity contribution in [2.24, 2.45) is 0 Å². The van der Waals surface area contributed by atoms with E-state index < -0.39 is 0 Å². The molecule has 1 amide bonds. The number of phenols is 1. The number of aryl methyl sites for hydroxylation is 2. The summed E-state index contributed by atoms with van der Waals surface area (Å²) in [6.07, 6.45) is 8.21. The van der Waals surface area contributed by atoms with E-state index in [0.29, 0.717) is 50.6 Å². The summed E-state index contributed by atoms with van der Waals surface area (Å²) in [6, 6.07) is 12.4. The molecule has 2 fully saturated rings. The molecular weight excluding hydrogens is 554 g/mol. The van der Waals surface area contributed by atoms with E-state index >= 15 is 0 Å². The smallest absolute Gasteiger partial charge is 0.318 e. The predicted octanol–water partition coefficient (Wildman–Crippen LogP) is 4.79. The number of likely N-dealkylation sites (tertiary alicyclic amines) is 1. The van der Waals surface area contributed by atoms with Crippen LogP contribution in [0.3, 0.4) is 0 Å². The van der Waals surface area contributed by atoms with E-state index in [1.165, 1.54) is 22.6 Å². The summed E-state index contributed by atoms with van der Waals surface area (Å²) in [5.74, 6) is 1.22. The molecule has 44 heavy (non-hydrogen) atoms. The number of piperazine rings is 1. The standard InChI is InChI=1S/C35H47N5O4/c1-4-32-31(14-9-7-12-27-24-28(41)23-26-11-6-8-13-30(26)27)34(40-20-18-39(19-21-40)33(42)5-2)37-35(36-32)44-22-10-16-38-17-15-29(25-38)43-3/h5-6,8,11,13,23-24,29,41H,2,4,7,9-10,12,14-22,25H2,1,3H3. The van der Waals surface area contributed by atoms with Gasteiger partial charge in [-0.1, -0.05) is 37.8 Å². The Balaban J connectivity index is 1.27. The molecule has 2 aromatic carbocycles. The molecule has 1 N–H and O–H groups in total. The molecular formula is C35H47N5O4. The van der Waals surface area contributed by atoms with Gasteiger partial charge >= 0.3 is 6.01 Å². The maximum atomic E-state index is 12.2. The summed E-state index contributed by atoms with van der Waals surface area (Å²) in [6.45, 7) is 12.0. The van der Waals surface area contributed by atoms with Crippen LogP contribution in [0.5, 0.6) is 11.8 Å². The molecule has 3 aromatic rings. The molecule has 1 unspecified atom stereocenters. The van der Waals surface area contributed by atoms with Crippen molar-refractivity contribution in [3.63, 3.8) is 0 Å². The van der Waals surface area contributed by atoms with Gasteiger partial charge in [0.2, 0.25) is 5.91 Å². The van der Waals surface area contributed by atoms with Gasteiger partial charge in [0.1, 0.15) is 11.6 Å². The van der Waals surface area contributed by atoms with E-state index in [-0.39, 0.29) is 5.91 Å². The fourth-order valence-corrected chi connectivity index (χ4v) is 6.48. The molecule has 236 valence electrons. The van der Waals surface area contributed by atoms with Crippen LogP contribution < -0.4 is 9.64 Å². The van der Waals surface area contributed by atoms with Gasteiger partial charge < -0.3 is 29.3 Å². The number of ether oxygens (including phenoxy) is 2. The number of hydrogen-bond acceptors (Lipinski definition) is 8. The summed E-state index contributed by atoms with van der Waals surface area (Å²) in [4.78, 5) is 28.6. The first-order valence-corrected chi connectivity index (χ1v) is 16.1. The highest BCUT2D eigenvalue weighted by molar-refractivity contribution is 5.87. The van der Waals surface area contributed by atoms with Gasteiger partial charge in [-0.05, 0) is 79.5 Å². The molecule has 0 saturated carbocycles. The second kappa shape index (κ2) is 15.3. The minimum atomic E-state index is -0.0277. The van der Waals surface area contributed by atoms with Crippen molar-refractivity contribution in [2.45, 2.75) is 58.0 Å². The van der Waals surface area contributed by atoms with Crippen LogP contribution in [-0.4, -0.2) is 96.4 Å². The number of amides is 1. The Hall–Kier alpha value is -3.69. The van der Waals surface area contributed by atoms with Crippen molar-refractivity contribution >= 4 is 22.5 Å². The lowest BCUT2D eigenvalue weighted by molar-refractivity contribution is -0.126. The minimum Gasteiger partial charge on any atom is -0.508 e. The van der Waals surface area contributed by atoms with Crippen LogP contribution in [0.2, 0.25) is 0 Å². The number of aromatic hydroxyl groups is 1. The summed E-state index contributed by atoms with van der Waals surface area (Å²) in [7, 11) is 1.79. The van der Waals surface area contributed by atoms with Crippen molar-refractivity contribution in [1.82, 2.24) is 19.8 Å². The van der Waals surface area contributed by atoms with Crippen molar-refractivity contribution in [2.75, 3.05) is 64.4 Å². The van der Waals surface area contributed by atoms with Crippen LogP contribution in [0, 0.1) is 0 Å². The zero-order valence-electron chi connectivity index (χ0n) is 26.3. The Morgan fingerprint density at radius 1 is 1.07 bits per heavy atom. The minimum absolute atomic E-state index is 0.0277. The first kappa shape index (κ1) is 31.7. The van der Waals surface area contributed by atoms with Crippen molar-refractivity contribution < 1.29 is 19.4 Å². The highest BCUT2D eigenvalue weighted by Gasteiger charge is 2.25. The van der Waals surface area contributed by atoms with E-state index in [1.54, 1.807) is 7.11 Å². The molecule has 0 aliphatic carbocycles. The Morgan fingerprint density at radius 3 is 2.61 bits per heavy atom. The van der Waals surface area contributed by atoms with Crippen LogP contribution in [0.15, 0.2) is 49.1 Å². The highest BCUT2D eigenvalue weighted by atomic mass is 16.5. The lowest BCUT2D eigenvalue weighted by Crippen LogP contribution is -2.49. The van der Waals surface area contributed by atoms with Gasteiger partial charge in [0.15, 0.2) is 0 Å². The number of rotatable bonds is 14. The number of aromatic nitrogens is 2. The number of carbonyl (C=O) groups is 1. The second-order valence-electron chi connectivity index (χ2n) is 11.8. The molecule has 1 atom stereocenters. The Bertz CT molecular complexity index is 1420. The molecule has 2 saturated heterocycles. The number of nitrogens with zero attached hydrogens (tertiary/aromatic N) is 5. The Kier molecular flexibility index (Phi) is 11.1. The third-order valence-corrected chi connectivity index (χ3v) is 8.92. The lowest BCUT2D eigenvalue weighted by Gasteiger charge is -2.36. The third-order valence-electron chi connectivity index (χ3n) is 8.92. The summed E-state index contributed by atoms with van der Waals surface area (Å²) >= 11 is 0. The zero-order chi connectivity index (χ0) is 30.9. The van der Waals surface area contributed by atoms with Crippen LogP contribution in [0.25, 0.3) is 10.8 Å². The predicted molar refractivity (Wildman–Crippen MR) is 175 cm³/mol. The quantitative estimate of drug-likeness (QED) is 0.209. The number of hydrogen-bond donors (Lipinski definition) is 1. The molecule has 0 bridgehead atoms. The summed E-state index contributed by atoms with van der Waals surface area (Å²) in [5.41, 5.74) is 3.37. The number of anilines is 1.